The van der Waals surface area contributed by atoms with Gasteiger partial charge in [-0.15, -0.1) is 0 Å². The topological polar surface area (TPSA) is 72.2 Å². The third kappa shape index (κ3) is 3.23. The Bertz CT molecular complexity index is 519. The first-order valence-electron chi connectivity index (χ1n) is 6.22. The SMILES string of the molecule is CC1CCC(NC(=O)c2cc([N+](=O)[O-])ccc2Cl)C1. The van der Waals surface area contributed by atoms with Gasteiger partial charge in [0.2, 0.25) is 0 Å². The number of nitro benzene ring substituents is 1. The van der Waals surface area contributed by atoms with Crippen LogP contribution in [0, 0.1) is 16.0 Å². The molecule has 0 aromatic heterocycles. The van der Waals surface area contributed by atoms with Gasteiger partial charge in [-0.1, -0.05) is 18.5 Å². The lowest BCUT2D eigenvalue weighted by Crippen LogP contribution is -2.33. The summed E-state index contributed by atoms with van der Waals surface area (Å²) in [6.45, 7) is 2.15. The van der Waals surface area contributed by atoms with E-state index < -0.39 is 4.92 Å². The van der Waals surface area contributed by atoms with E-state index in [2.05, 4.69) is 12.2 Å². The molecule has 0 aliphatic heterocycles. The Morgan fingerprint density at radius 2 is 2.21 bits per heavy atom. The summed E-state index contributed by atoms with van der Waals surface area (Å²) < 4.78 is 0. The summed E-state index contributed by atoms with van der Waals surface area (Å²) in [7, 11) is 0. The standard InChI is InChI=1S/C13H15ClN2O3/c1-8-2-3-9(6-8)15-13(17)11-7-10(16(18)19)4-5-12(11)14/h4-5,7-9H,2-3,6H2,1H3,(H,15,17). The second-order valence-corrected chi connectivity index (χ2v) is 5.42. The number of benzene rings is 1. The fourth-order valence-corrected chi connectivity index (χ4v) is 2.61. The normalized spacial score (nSPS) is 22.2. The molecule has 5 nitrogen and oxygen atoms in total. The van der Waals surface area contributed by atoms with Crippen molar-refractivity contribution in [3.05, 3.63) is 38.9 Å². The molecule has 19 heavy (non-hydrogen) atoms. The van der Waals surface area contributed by atoms with Gasteiger partial charge in [0.05, 0.1) is 15.5 Å². The number of carbonyl (C=O) groups is 1. The van der Waals surface area contributed by atoms with E-state index >= 15 is 0 Å². The van der Waals surface area contributed by atoms with E-state index in [9.17, 15) is 14.9 Å². The van der Waals surface area contributed by atoms with E-state index in [1.165, 1.54) is 18.2 Å². The number of nitro groups is 1. The number of carbonyl (C=O) groups excluding carboxylic acids is 1. The zero-order valence-corrected chi connectivity index (χ0v) is 11.3. The van der Waals surface area contributed by atoms with E-state index in [1.807, 2.05) is 0 Å². The minimum Gasteiger partial charge on any atom is -0.349 e. The summed E-state index contributed by atoms with van der Waals surface area (Å²) in [6, 6.07) is 4.02. The van der Waals surface area contributed by atoms with Crippen LogP contribution in [0.2, 0.25) is 5.02 Å². The molecule has 0 radical (unpaired) electrons. The molecule has 0 saturated heterocycles. The highest BCUT2D eigenvalue weighted by molar-refractivity contribution is 6.33. The largest absolute Gasteiger partial charge is 0.349 e. The number of halogens is 1. The van der Waals surface area contributed by atoms with E-state index in [0.717, 1.165) is 19.3 Å². The third-order valence-electron chi connectivity index (χ3n) is 3.44. The number of hydrogen-bond donors (Lipinski definition) is 1. The van der Waals surface area contributed by atoms with Crippen LogP contribution in [0.15, 0.2) is 18.2 Å². The third-order valence-corrected chi connectivity index (χ3v) is 3.77. The van der Waals surface area contributed by atoms with Crippen molar-refractivity contribution in [1.29, 1.82) is 0 Å². The van der Waals surface area contributed by atoms with E-state index in [0.29, 0.717) is 5.92 Å². The highest BCUT2D eigenvalue weighted by Gasteiger charge is 2.24. The molecule has 0 bridgehead atoms. The van der Waals surface area contributed by atoms with Crippen molar-refractivity contribution in [2.75, 3.05) is 0 Å². The average Bonchev–Trinajstić information content (AvgIpc) is 2.74. The van der Waals surface area contributed by atoms with Gasteiger partial charge in [-0.05, 0) is 31.2 Å². The van der Waals surface area contributed by atoms with E-state index in [1.54, 1.807) is 0 Å². The monoisotopic (exact) mass is 282 g/mol. The van der Waals surface area contributed by atoms with E-state index in [-0.39, 0.29) is 28.2 Å². The zero-order chi connectivity index (χ0) is 14.0. The Morgan fingerprint density at radius 1 is 1.47 bits per heavy atom. The number of nitrogens with one attached hydrogen (secondary N) is 1. The molecule has 1 amide bonds. The maximum Gasteiger partial charge on any atom is 0.270 e. The summed E-state index contributed by atoms with van der Waals surface area (Å²) in [5.74, 6) is 0.263. The Hall–Kier alpha value is -1.62. The molecule has 1 N–H and O–H groups in total. The predicted molar refractivity (Wildman–Crippen MR) is 72.4 cm³/mol. The lowest BCUT2D eigenvalue weighted by Gasteiger charge is -2.13. The highest BCUT2D eigenvalue weighted by atomic mass is 35.5. The molecule has 1 aliphatic carbocycles. The Labute approximate surface area is 116 Å². The summed E-state index contributed by atoms with van der Waals surface area (Å²) >= 11 is 5.93. The summed E-state index contributed by atoms with van der Waals surface area (Å²) in [5.41, 5.74) is 0.0322. The van der Waals surface area contributed by atoms with Crippen LogP contribution >= 0.6 is 11.6 Å². The number of non-ortho nitro benzene ring substituents is 1. The fourth-order valence-electron chi connectivity index (χ4n) is 2.40. The molecule has 0 heterocycles. The van der Waals surface area contributed by atoms with Crippen molar-refractivity contribution in [2.24, 2.45) is 5.92 Å². The minimum absolute atomic E-state index is 0.130. The summed E-state index contributed by atoms with van der Waals surface area (Å²) in [4.78, 5) is 22.3. The molecule has 1 aromatic carbocycles. The van der Waals surface area contributed by atoms with Gasteiger partial charge in [0, 0.05) is 18.2 Å². The second-order valence-electron chi connectivity index (χ2n) is 5.01. The summed E-state index contributed by atoms with van der Waals surface area (Å²) in [6.07, 6.45) is 2.98. The quantitative estimate of drug-likeness (QED) is 0.683. The van der Waals surface area contributed by atoms with Crippen molar-refractivity contribution in [1.82, 2.24) is 5.32 Å². The second kappa shape index (κ2) is 5.57. The summed E-state index contributed by atoms with van der Waals surface area (Å²) in [5, 5.41) is 13.8. The van der Waals surface area contributed by atoms with Gasteiger partial charge in [0.25, 0.3) is 11.6 Å². The zero-order valence-electron chi connectivity index (χ0n) is 10.6. The fraction of sp³-hybridized carbons (Fsp3) is 0.462. The van der Waals surface area contributed by atoms with Crippen LogP contribution in [-0.2, 0) is 0 Å². The highest BCUT2D eigenvalue weighted by Crippen LogP contribution is 2.26. The van der Waals surface area contributed by atoms with Crippen LogP contribution in [-0.4, -0.2) is 16.9 Å². The van der Waals surface area contributed by atoms with Crippen molar-refractivity contribution in [3.8, 4) is 0 Å². The van der Waals surface area contributed by atoms with E-state index in [4.69, 9.17) is 11.6 Å². The molecule has 0 spiro atoms. The number of amides is 1. The van der Waals surface area contributed by atoms with Crippen LogP contribution in [0.25, 0.3) is 0 Å². The van der Waals surface area contributed by atoms with Gasteiger partial charge >= 0.3 is 0 Å². The van der Waals surface area contributed by atoms with Gasteiger partial charge < -0.3 is 5.32 Å². The van der Waals surface area contributed by atoms with Gasteiger partial charge in [-0.3, -0.25) is 14.9 Å². The first-order valence-corrected chi connectivity index (χ1v) is 6.60. The number of nitrogens with zero attached hydrogens (tertiary/aromatic N) is 1. The number of hydrogen-bond acceptors (Lipinski definition) is 3. The van der Waals surface area contributed by atoms with Crippen molar-refractivity contribution in [2.45, 2.75) is 32.2 Å². The predicted octanol–water partition coefficient (Wildman–Crippen LogP) is 3.17. The molecule has 2 unspecified atom stereocenters. The molecular formula is C13H15ClN2O3. The first kappa shape index (κ1) is 13.8. The van der Waals surface area contributed by atoms with Crippen LogP contribution in [0.3, 0.4) is 0 Å². The van der Waals surface area contributed by atoms with Crippen LogP contribution in [0.4, 0.5) is 5.69 Å². The lowest BCUT2D eigenvalue weighted by molar-refractivity contribution is -0.384. The van der Waals surface area contributed by atoms with Gasteiger partial charge in [-0.25, -0.2) is 0 Å². The molecule has 2 atom stereocenters. The molecule has 1 fully saturated rings. The molecule has 1 saturated carbocycles. The smallest absolute Gasteiger partial charge is 0.270 e. The Balaban J connectivity index is 2.14. The van der Waals surface area contributed by atoms with Crippen molar-refractivity contribution >= 4 is 23.2 Å². The molecule has 102 valence electrons. The van der Waals surface area contributed by atoms with Crippen molar-refractivity contribution < 1.29 is 9.72 Å². The maximum absolute atomic E-state index is 12.1. The Kier molecular flexibility index (Phi) is 4.04. The Morgan fingerprint density at radius 3 is 2.79 bits per heavy atom. The molecular weight excluding hydrogens is 268 g/mol. The minimum atomic E-state index is -0.537. The van der Waals surface area contributed by atoms with Crippen molar-refractivity contribution in [3.63, 3.8) is 0 Å². The molecule has 1 aromatic rings. The van der Waals surface area contributed by atoms with Crippen LogP contribution in [0.1, 0.15) is 36.5 Å². The average molecular weight is 283 g/mol. The van der Waals surface area contributed by atoms with Gasteiger partial charge in [0.15, 0.2) is 0 Å². The first-order chi connectivity index (χ1) is 8.97. The molecule has 6 heteroatoms. The van der Waals surface area contributed by atoms with Gasteiger partial charge in [0.1, 0.15) is 0 Å². The molecule has 2 rings (SSSR count). The number of rotatable bonds is 3. The lowest BCUT2D eigenvalue weighted by atomic mass is 10.1. The van der Waals surface area contributed by atoms with Crippen LogP contribution < -0.4 is 5.32 Å². The maximum atomic E-state index is 12.1. The van der Waals surface area contributed by atoms with Gasteiger partial charge in [-0.2, -0.15) is 0 Å². The van der Waals surface area contributed by atoms with Crippen LogP contribution in [0.5, 0.6) is 0 Å². The molecule has 1 aliphatic rings.